The van der Waals surface area contributed by atoms with Crippen molar-refractivity contribution in [3.63, 3.8) is 0 Å². The van der Waals surface area contributed by atoms with E-state index in [9.17, 15) is 9.59 Å². The zero-order chi connectivity index (χ0) is 16.7. The Labute approximate surface area is 147 Å². The molecule has 0 aromatic heterocycles. The van der Waals surface area contributed by atoms with Crippen molar-refractivity contribution in [2.24, 2.45) is 11.8 Å². The first-order valence-corrected chi connectivity index (χ1v) is 9.32. The summed E-state index contributed by atoms with van der Waals surface area (Å²) in [6, 6.07) is 7.75. The third kappa shape index (κ3) is 3.16. The second kappa shape index (κ2) is 6.07. The molecule has 0 unspecified atom stereocenters. The van der Waals surface area contributed by atoms with E-state index >= 15 is 0 Å². The first-order valence-electron chi connectivity index (χ1n) is 8.94. The highest BCUT2D eigenvalue weighted by Gasteiger charge is 2.47. The molecule has 0 radical (unpaired) electrons. The highest BCUT2D eigenvalue weighted by molar-refractivity contribution is 6.30. The molecule has 1 aromatic carbocycles. The minimum atomic E-state index is -0.218. The molecule has 1 aliphatic heterocycles. The van der Waals surface area contributed by atoms with E-state index in [0.717, 1.165) is 50.6 Å². The van der Waals surface area contributed by atoms with Gasteiger partial charge in [-0.1, -0.05) is 23.7 Å². The second-order valence-corrected chi connectivity index (χ2v) is 7.91. The molecule has 0 bridgehead atoms. The first kappa shape index (κ1) is 15.9. The Hall–Kier alpha value is -1.55. The van der Waals surface area contributed by atoms with Crippen molar-refractivity contribution in [3.05, 3.63) is 34.9 Å². The minimum absolute atomic E-state index is 0.0776. The molecule has 2 saturated carbocycles. The van der Waals surface area contributed by atoms with Crippen LogP contribution in [0.1, 0.15) is 44.1 Å². The molecule has 24 heavy (non-hydrogen) atoms. The van der Waals surface area contributed by atoms with Crippen molar-refractivity contribution in [1.29, 1.82) is 0 Å². The number of hydrogen-bond acceptors (Lipinski definition) is 2. The summed E-state index contributed by atoms with van der Waals surface area (Å²) in [7, 11) is 0. The number of hydrogen-bond donors (Lipinski definition) is 1. The largest absolute Gasteiger partial charge is 0.346 e. The molecule has 2 amide bonds. The summed E-state index contributed by atoms with van der Waals surface area (Å²) in [5.74, 6) is 0.504. The molecular weight excluding hydrogens is 324 g/mol. The Morgan fingerprint density at radius 2 is 1.79 bits per heavy atom. The van der Waals surface area contributed by atoms with E-state index in [-0.39, 0.29) is 29.2 Å². The third-order valence-electron chi connectivity index (χ3n) is 5.54. The molecule has 1 saturated heterocycles. The fourth-order valence-electron chi connectivity index (χ4n) is 3.70. The van der Waals surface area contributed by atoms with Gasteiger partial charge in [-0.2, -0.15) is 0 Å². The zero-order valence-corrected chi connectivity index (χ0v) is 14.5. The Balaban J connectivity index is 1.40. The predicted octanol–water partition coefficient (Wildman–Crippen LogP) is 3.09. The van der Waals surface area contributed by atoms with E-state index < -0.39 is 0 Å². The van der Waals surface area contributed by atoms with Crippen LogP contribution in [0.5, 0.6) is 0 Å². The molecule has 3 fully saturated rings. The molecule has 1 aromatic rings. The lowest BCUT2D eigenvalue weighted by atomic mass is 9.95. The van der Waals surface area contributed by atoms with Crippen LogP contribution in [-0.2, 0) is 15.1 Å². The molecule has 1 N–H and O–H groups in total. The summed E-state index contributed by atoms with van der Waals surface area (Å²) in [4.78, 5) is 26.9. The standard InChI is InChI=1S/C19H23ClN2O2/c20-16-7-5-15(6-8-16)19(9-10-19)21-17(23)14-2-1-11-22(12-14)18(24)13-3-4-13/h5-8,13-14H,1-4,9-12H2,(H,21,23)/t14-/m1/s1. The summed E-state index contributed by atoms with van der Waals surface area (Å²) in [6.07, 6.45) is 5.77. The fourth-order valence-corrected chi connectivity index (χ4v) is 3.82. The quantitative estimate of drug-likeness (QED) is 0.910. The van der Waals surface area contributed by atoms with E-state index in [1.165, 1.54) is 0 Å². The van der Waals surface area contributed by atoms with Gasteiger partial charge in [0.25, 0.3) is 0 Å². The molecule has 128 valence electrons. The highest BCUT2D eigenvalue weighted by atomic mass is 35.5. The molecule has 1 heterocycles. The predicted molar refractivity (Wildman–Crippen MR) is 92.5 cm³/mol. The maximum absolute atomic E-state index is 12.8. The number of nitrogens with one attached hydrogen (secondary N) is 1. The van der Waals surface area contributed by atoms with Gasteiger partial charge in [-0.15, -0.1) is 0 Å². The molecule has 3 aliphatic rings. The third-order valence-corrected chi connectivity index (χ3v) is 5.79. The molecule has 0 spiro atoms. The summed E-state index contributed by atoms with van der Waals surface area (Å²) in [6.45, 7) is 1.39. The van der Waals surface area contributed by atoms with Gasteiger partial charge < -0.3 is 10.2 Å². The van der Waals surface area contributed by atoms with E-state index in [1.54, 1.807) is 0 Å². The van der Waals surface area contributed by atoms with Gasteiger partial charge in [-0.3, -0.25) is 9.59 Å². The number of benzene rings is 1. The normalized spacial score (nSPS) is 25.2. The van der Waals surface area contributed by atoms with Crippen LogP contribution >= 0.6 is 11.6 Å². The van der Waals surface area contributed by atoms with Crippen LogP contribution in [0.25, 0.3) is 0 Å². The molecule has 4 rings (SSSR count). The Bertz CT molecular complexity index is 650. The van der Waals surface area contributed by atoms with Gasteiger partial charge in [0.2, 0.25) is 11.8 Å². The van der Waals surface area contributed by atoms with Crippen LogP contribution in [-0.4, -0.2) is 29.8 Å². The maximum Gasteiger partial charge on any atom is 0.225 e. The van der Waals surface area contributed by atoms with Crippen LogP contribution in [0.4, 0.5) is 0 Å². The minimum Gasteiger partial charge on any atom is -0.346 e. The van der Waals surface area contributed by atoms with E-state index in [2.05, 4.69) is 5.32 Å². The van der Waals surface area contributed by atoms with Gasteiger partial charge >= 0.3 is 0 Å². The van der Waals surface area contributed by atoms with Crippen molar-refractivity contribution in [2.45, 2.75) is 44.1 Å². The number of carbonyl (C=O) groups excluding carboxylic acids is 2. The van der Waals surface area contributed by atoms with Crippen molar-refractivity contribution in [1.82, 2.24) is 10.2 Å². The number of nitrogens with zero attached hydrogens (tertiary/aromatic N) is 1. The highest BCUT2D eigenvalue weighted by Crippen LogP contribution is 2.46. The Kier molecular flexibility index (Phi) is 4.03. The van der Waals surface area contributed by atoms with Gasteiger partial charge in [0.1, 0.15) is 0 Å². The lowest BCUT2D eigenvalue weighted by Gasteiger charge is -2.33. The average molecular weight is 347 g/mol. The van der Waals surface area contributed by atoms with Crippen LogP contribution < -0.4 is 5.32 Å². The van der Waals surface area contributed by atoms with Crippen molar-refractivity contribution < 1.29 is 9.59 Å². The average Bonchev–Trinajstić information content (AvgIpc) is 3.50. The molecule has 4 nitrogen and oxygen atoms in total. The van der Waals surface area contributed by atoms with Crippen LogP contribution in [0.2, 0.25) is 5.02 Å². The Morgan fingerprint density at radius 1 is 1.08 bits per heavy atom. The van der Waals surface area contributed by atoms with Crippen molar-refractivity contribution in [2.75, 3.05) is 13.1 Å². The molecular formula is C19H23ClN2O2. The lowest BCUT2D eigenvalue weighted by Crippen LogP contribution is -2.48. The van der Waals surface area contributed by atoms with E-state index in [0.29, 0.717) is 11.6 Å². The first-order chi connectivity index (χ1) is 11.6. The summed E-state index contributed by atoms with van der Waals surface area (Å²) >= 11 is 5.96. The van der Waals surface area contributed by atoms with Crippen LogP contribution in [0, 0.1) is 11.8 Å². The SMILES string of the molecule is O=C(NC1(c2ccc(Cl)cc2)CC1)[C@@H]1CCCN(C(=O)C2CC2)C1. The van der Waals surface area contributed by atoms with Gasteiger partial charge in [0.15, 0.2) is 0 Å². The summed E-state index contributed by atoms with van der Waals surface area (Å²) < 4.78 is 0. The summed E-state index contributed by atoms with van der Waals surface area (Å²) in [5, 5.41) is 3.97. The fraction of sp³-hybridized carbons (Fsp3) is 0.579. The van der Waals surface area contributed by atoms with E-state index in [4.69, 9.17) is 11.6 Å². The number of amides is 2. The monoisotopic (exact) mass is 346 g/mol. The van der Waals surface area contributed by atoms with Gasteiger partial charge in [0, 0.05) is 24.0 Å². The van der Waals surface area contributed by atoms with Crippen LogP contribution in [0.3, 0.4) is 0 Å². The summed E-state index contributed by atoms with van der Waals surface area (Å²) in [5.41, 5.74) is 0.909. The zero-order valence-electron chi connectivity index (χ0n) is 13.8. The number of rotatable bonds is 4. The van der Waals surface area contributed by atoms with Crippen molar-refractivity contribution in [3.8, 4) is 0 Å². The lowest BCUT2D eigenvalue weighted by molar-refractivity contribution is -0.137. The maximum atomic E-state index is 12.8. The number of piperidine rings is 1. The number of carbonyl (C=O) groups is 2. The van der Waals surface area contributed by atoms with Gasteiger partial charge in [0.05, 0.1) is 11.5 Å². The smallest absolute Gasteiger partial charge is 0.225 e. The molecule has 2 aliphatic carbocycles. The van der Waals surface area contributed by atoms with Gasteiger partial charge in [-0.25, -0.2) is 0 Å². The Morgan fingerprint density at radius 3 is 2.42 bits per heavy atom. The molecule has 1 atom stereocenters. The number of likely N-dealkylation sites (tertiary alicyclic amines) is 1. The van der Waals surface area contributed by atoms with Crippen LogP contribution in [0.15, 0.2) is 24.3 Å². The van der Waals surface area contributed by atoms with E-state index in [1.807, 2.05) is 29.2 Å². The van der Waals surface area contributed by atoms with Gasteiger partial charge in [-0.05, 0) is 56.2 Å². The number of halogens is 1. The molecule has 5 heteroatoms. The van der Waals surface area contributed by atoms with Crippen molar-refractivity contribution >= 4 is 23.4 Å². The second-order valence-electron chi connectivity index (χ2n) is 7.48. The topological polar surface area (TPSA) is 49.4 Å².